The van der Waals surface area contributed by atoms with Crippen LogP contribution in [0.4, 0.5) is 4.39 Å². The maximum atomic E-state index is 14.7. The van der Waals surface area contributed by atoms with Gasteiger partial charge in [0.05, 0.1) is 20.3 Å². The van der Waals surface area contributed by atoms with Crippen molar-refractivity contribution in [2.75, 3.05) is 26.6 Å². The van der Waals surface area contributed by atoms with Crippen LogP contribution in [-0.2, 0) is 11.2 Å². The molecule has 0 unspecified atom stereocenters. The van der Waals surface area contributed by atoms with Crippen molar-refractivity contribution in [3.63, 3.8) is 0 Å². The fourth-order valence-corrected chi connectivity index (χ4v) is 3.88. The number of methoxy groups -OCH3 is 2. The summed E-state index contributed by atoms with van der Waals surface area (Å²) in [6.45, 7) is 0.449. The lowest BCUT2D eigenvalue weighted by molar-refractivity contribution is -0.130. The van der Waals surface area contributed by atoms with E-state index >= 15 is 0 Å². The summed E-state index contributed by atoms with van der Waals surface area (Å²) in [4.78, 5) is 14.1. The van der Waals surface area contributed by atoms with E-state index in [-0.39, 0.29) is 17.6 Å². The molecule has 0 saturated carbocycles. The summed E-state index contributed by atoms with van der Waals surface area (Å²) < 4.78 is 26.2. The van der Waals surface area contributed by atoms with Gasteiger partial charge in [-0.25, -0.2) is 4.39 Å². The Morgan fingerprint density at radius 3 is 2.58 bits per heavy atom. The van der Waals surface area contributed by atoms with E-state index in [0.717, 1.165) is 15.6 Å². The Morgan fingerprint density at radius 1 is 1.23 bits per heavy atom. The minimum atomic E-state index is -0.581. The van der Waals surface area contributed by atoms with Crippen LogP contribution in [-0.4, -0.2) is 37.5 Å². The quantitative estimate of drug-likeness (QED) is 0.662. The van der Waals surface area contributed by atoms with Gasteiger partial charge < -0.3 is 14.4 Å². The van der Waals surface area contributed by atoms with Crippen LogP contribution in [0.1, 0.15) is 22.7 Å². The molecular weight excluding hydrogens is 425 g/mol. The molecule has 1 amide bonds. The monoisotopic (exact) mass is 441 g/mol. The summed E-state index contributed by atoms with van der Waals surface area (Å²) >= 11 is 9.19. The Bertz CT molecular complexity index is 846. The van der Waals surface area contributed by atoms with Gasteiger partial charge in [0.25, 0.3) is 0 Å². The topological polar surface area (TPSA) is 38.8 Å². The molecule has 0 aromatic heterocycles. The van der Waals surface area contributed by atoms with Crippen molar-refractivity contribution in [2.45, 2.75) is 12.5 Å². The van der Waals surface area contributed by atoms with Crippen LogP contribution in [0.5, 0.6) is 11.5 Å². The first-order valence-corrected chi connectivity index (χ1v) is 9.38. The molecule has 1 atom stereocenters. The smallest absolute Gasteiger partial charge is 0.238 e. The molecule has 138 valence electrons. The number of alkyl halides is 1. The van der Waals surface area contributed by atoms with Gasteiger partial charge >= 0.3 is 0 Å². The van der Waals surface area contributed by atoms with E-state index in [1.165, 1.54) is 6.07 Å². The number of halogens is 3. The van der Waals surface area contributed by atoms with Gasteiger partial charge in [-0.2, -0.15) is 0 Å². The Balaban J connectivity index is 2.22. The Hall–Kier alpha value is -1.79. The highest BCUT2D eigenvalue weighted by atomic mass is 79.9. The molecule has 7 heteroatoms. The van der Waals surface area contributed by atoms with Gasteiger partial charge in [-0.1, -0.05) is 15.9 Å². The summed E-state index contributed by atoms with van der Waals surface area (Å²) in [6, 6.07) is 7.83. The van der Waals surface area contributed by atoms with Crippen molar-refractivity contribution in [3.8, 4) is 11.5 Å². The average molecular weight is 443 g/mol. The molecule has 26 heavy (non-hydrogen) atoms. The molecule has 4 nitrogen and oxygen atoms in total. The maximum Gasteiger partial charge on any atom is 0.238 e. The first-order chi connectivity index (χ1) is 12.5. The molecule has 2 aromatic rings. The van der Waals surface area contributed by atoms with Gasteiger partial charge in [-0.3, -0.25) is 4.79 Å². The Kier molecular flexibility index (Phi) is 5.73. The van der Waals surface area contributed by atoms with E-state index in [1.54, 1.807) is 31.3 Å². The highest BCUT2D eigenvalue weighted by Crippen LogP contribution is 2.42. The molecule has 0 bridgehead atoms. The zero-order chi connectivity index (χ0) is 18.8. The second-order valence-electron chi connectivity index (χ2n) is 5.95. The van der Waals surface area contributed by atoms with E-state index in [9.17, 15) is 9.18 Å². The zero-order valence-electron chi connectivity index (χ0n) is 14.4. The number of hydrogen-bond donors (Lipinski definition) is 0. The van der Waals surface area contributed by atoms with Gasteiger partial charge in [0.2, 0.25) is 5.91 Å². The van der Waals surface area contributed by atoms with Crippen molar-refractivity contribution >= 4 is 33.4 Å². The lowest BCUT2D eigenvalue weighted by Gasteiger charge is -2.38. The third-order valence-electron chi connectivity index (χ3n) is 4.56. The van der Waals surface area contributed by atoms with Crippen molar-refractivity contribution in [2.24, 2.45) is 0 Å². The van der Waals surface area contributed by atoms with Gasteiger partial charge in [0, 0.05) is 16.6 Å². The number of rotatable bonds is 4. The van der Waals surface area contributed by atoms with Crippen molar-refractivity contribution in [1.29, 1.82) is 0 Å². The second-order valence-corrected chi connectivity index (χ2v) is 7.13. The molecule has 2 aromatic carbocycles. The highest BCUT2D eigenvalue weighted by Gasteiger charge is 2.34. The summed E-state index contributed by atoms with van der Waals surface area (Å²) in [5.41, 5.74) is 2.21. The summed E-state index contributed by atoms with van der Waals surface area (Å²) in [5.74, 6) is 0.364. The van der Waals surface area contributed by atoms with E-state index in [1.807, 2.05) is 12.1 Å². The number of hydrogen-bond acceptors (Lipinski definition) is 3. The second kappa shape index (κ2) is 7.84. The number of benzene rings is 2. The van der Waals surface area contributed by atoms with Gasteiger partial charge in [0.1, 0.15) is 11.7 Å². The number of ether oxygens (including phenoxy) is 2. The third-order valence-corrected chi connectivity index (χ3v) is 5.28. The minimum absolute atomic E-state index is 0.158. The number of nitrogens with zero attached hydrogens (tertiary/aromatic N) is 1. The van der Waals surface area contributed by atoms with Crippen LogP contribution in [0.25, 0.3) is 0 Å². The predicted molar refractivity (Wildman–Crippen MR) is 102 cm³/mol. The molecule has 1 heterocycles. The van der Waals surface area contributed by atoms with Gasteiger partial charge in [-0.15, -0.1) is 11.6 Å². The van der Waals surface area contributed by atoms with Crippen molar-refractivity contribution in [3.05, 3.63) is 57.3 Å². The number of carbonyl (C=O) groups excluding carboxylic acids is 1. The summed E-state index contributed by atoms with van der Waals surface area (Å²) in [5, 5.41) is 0. The Morgan fingerprint density at radius 2 is 1.92 bits per heavy atom. The molecule has 0 saturated heterocycles. The number of carbonyl (C=O) groups is 1. The summed E-state index contributed by atoms with van der Waals surface area (Å²) in [6.07, 6.45) is 0.629. The first kappa shape index (κ1) is 19.0. The Labute approximate surface area is 165 Å². The van der Waals surface area contributed by atoms with E-state index in [2.05, 4.69) is 15.9 Å². The molecule has 3 rings (SSSR count). The molecule has 0 N–H and O–H groups in total. The van der Waals surface area contributed by atoms with Gasteiger partial charge in [-0.05, 0) is 47.9 Å². The van der Waals surface area contributed by atoms with E-state index < -0.39 is 6.04 Å². The predicted octanol–water partition coefficient (Wildman–Crippen LogP) is 4.32. The minimum Gasteiger partial charge on any atom is -0.493 e. The largest absolute Gasteiger partial charge is 0.493 e. The summed E-state index contributed by atoms with van der Waals surface area (Å²) in [7, 11) is 3.12. The average Bonchev–Trinajstić information content (AvgIpc) is 2.67. The third kappa shape index (κ3) is 3.40. The molecular formula is C19H18BrClFNO3. The van der Waals surface area contributed by atoms with Crippen LogP contribution in [0, 0.1) is 5.82 Å². The van der Waals surface area contributed by atoms with Crippen LogP contribution < -0.4 is 9.47 Å². The molecule has 0 spiro atoms. The highest BCUT2D eigenvalue weighted by molar-refractivity contribution is 9.10. The molecule has 1 aliphatic rings. The van der Waals surface area contributed by atoms with E-state index in [4.69, 9.17) is 21.1 Å². The maximum absolute atomic E-state index is 14.7. The lowest BCUT2D eigenvalue weighted by atomic mass is 9.87. The fraction of sp³-hybridized carbons (Fsp3) is 0.316. The SMILES string of the molecule is COc1cc2c(cc1OC)[C@H](c1cc(Br)ccc1F)N(C(=O)CCl)CC2. The first-order valence-electron chi connectivity index (χ1n) is 8.05. The zero-order valence-corrected chi connectivity index (χ0v) is 16.7. The van der Waals surface area contributed by atoms with Crippen molar-refractivity contribution < 1.29 is 18.7 Å². The fourth-order valence-electron chi connectivity index (χ4n) is 3.35. The molecule has 0 radical (unpaired) electrons. The van der Waals surface area contributed by atoms with Crippen LogP contribution in [0.15, 0.2) is 34.8 Å². The molecule has 1 aliphatic heterocycles. The molecule has 0 fully saturated rings. The van der Waals surface area contributed by atoms with Crippen LogP contribution >= 0.6 is 27.5 Å². The lowest BCUT2D eigenvalue weighted by Crippen LogP contribution is -2.41. The van der Waals surface area contributed by atoms with Crippen molar-refractivity contribution in [1.82, 2.24) is 4.90 Å². The number of amides is 1. The molecule has 0 aliphatic carbocycles. The normalized spacial score (nSPS) is 16.2. The van der Waals surface area contributed by atoms with Crippen LogP contribution in [0.3, 0.4) is 0 Å². The van der Waals surface area contributed by atoms with E-state index in [0.29, 0.717) is 30.0 Å². The number of fused-ring (bicyclic) bond motifs is 1. The van der Waals surface area contributed by atoms with Crippen LogP contribution in [0.2, 0.25) is 0 Å². The van der Waals surface area contributed by atoms with Gasteiger partial charge in [0.15, 0.2) is 11.5 Å². The standard InChI is InChI=1S/C19H18BrClFNO3/c1-25-16-7-11-5-6-23(18(24)10-21)19(13(11)9-17(16)26-2)14-8-12(20)3-4-15(14)22/h3-4,7-9,19H,5-6,10H2,1-2H3/t19-/m1/s1.